The van der Waals surface area contributed by atoms with E-state index in [9.17, 15) is 10.1 Å². The molecule has 3 fully saturated rings. The number of nitro groups is 1. The van der Waals surface area contributed by atoms with Crippen molar-refractivity contribution in [1.29, 1.82) is 0 Å². The Morgan fingerprint density at radius 3 is 2.41 bits per heavy atom. The van der Waals surface area contributed by atoms with E-state index in [-0.39, 0.29) is 29.7 Å². The summed E-state index contributed by atoms with van der Waals surface area (Å²) in [5.74, 6) is 2.26. The molecule has 27 heavy (non-hydrogen) atoms. The third-order valence-corrected chi connectivity index (χ3v) is 5.78. The Labute approximate surface area is 175 Å². The van der Waals surface area contributed by atoms with E-state index in [4.69, 9.17) is 4.74 Å². The highest BCUT2D eigenvalue weighted by molar-refractivity contribution is 14.0. The second-order valence-corrected chi connectivity index (χ2v) is 7.23. The normalized spacial score (nSPS) is 28.6. The predicted molar refractivity (Wildman–Crippen MR) is 115 cm³/mol. The Hall–Kier alpha value is -1.62. The number of hydrogen-bond donors (Lipinski definition) is 2. The van der Waals surface area contributed by atoms with Crippen LogP contribution in [-0.2, 0) is 4.74 Å². The van der Waals surface area contributed by atoms with Crippen molar-refractivity contribution in [3.05, 3.63) is 34.4 Å². The average Bonchev–Trinajstić information content (AvgIpc) is 3.35. The molecule has 0 amide bonds. The lowest BCUT2D eigenvalue weighted by molar-refractivity contribution is -0.384. The molecule has 2 bridgehead atoms. The molecule has 4 unspecified atom stereocenters. The van der Waals surface area contributed by atoms with E-state index >= 15 is 0 Å². The highest BCUT2D eigenvalue weighted by atomic mass is 127. The van der Waals surface area contributed by atoms with Crippen LogP contribution in [0.15, 0.2) is 29.3 Å². The molecule has 8 nitrogen and oxygen atoms in total. The first-order valence-electron chi connectivity index (χ1n) is 9.25. The lowest BCUT2D eigenvalue weighted by atomic mass is 9.82. The molecule has 9 heteroatoms. The highest BCUT2D eigenvalue weighted by Gasteiger charge is 2.53. The molecule has 0 aromatic heterocycles. The van der Waals surface area contributed by atoms with E-state index in [2.05, 4.69) is 20.5 Å². The summed E-state index contributed by atoms with van der Waals surface area (Å²) < 4.78 is 6.03. The Morgan fingerprint density at radius 2 is 1.85 bits per heavy atom. The fourth-order valence-electron chi connectivity index (χ4n) is 4.55. The van der Waals surface area contributed by atoms with Crippen molar-refractivity contribution in [2.45, 2.75) is 25.0 Å². The second-order valence-electron chi connectivity index (χ2n) is 7.23. The molecule has 0 saturated carbocycles. The Morgan fingerprint density at radius 1 is 1.22 bits per heavy atom. The number of rotatable bonds is 5. The SMILES string of the molecule is CN=C(NCCNc1ccc([N+](=O)[O-])cc1)N1CC2C3CCC(O3)C2C1.I. The van der Waals surface area contributed by atoms with Crippen molar-refractivity contribution in [2.24, 2.45) is 16.8 Å². The van der Waals surface area contributed by atoms with Crippen LogP contribution in [0.1, 0.15) is 12.8 Å². The molecule has 0 aliphatic carbocycles. The minimum absolute atomic E-state index is 0. The van der Waals surface area contributed by atoms with Crippen molar-refractivity contribution >= 4 is 41.3 Å². The Bertz CT molecular complexity index is 681. The predicted octanol–water partition coefficient (Wildman–Crippen LogP) is 2.31. The highest BCUT2D eigenvalue weighted by Crippen LogP contribution is 2.47. The third-order valence-electron chi connectivity index (χ3n) is 5.78. The molecule has 3 saturated heterocycles. The summed E-state index contributed by atoms with van der Waals surface area (Å²) >= 11 is 0. The summed E-state index contributed by atoms with van der Waals surface area (Å²) in [6.45, 7) is 3.51. The van der Waals surface area contributed by atoms with E-state index in [1.165, 1.54) is 25.0 Å². The molecular formula is C18H26IN5O3. The average molecular weight is 487 g/mol. The monoisotopic (exact) mass is 487 g/mol. The largest absolute Gasteiger partial charge is 0.383 e. The van der Waals surface area contributed by atoms with Crippen molar-refractivity contribution in [1.82, 2.24) is 10.2 Å². The zero-order chi connectivity index (χ0) is 18.1. The minimum atomic E-state index is -0.391. The van der Waals surface area contributed by atoms with Gasteiger partial charge in [-0.15, -0.1) is 24.0 Å². The summed E-state index contributed by atoms with van der Waals surface area (Å²) in [6.07, 6.45) is 3.34. The first kappa shape index (κ1) is 20.1. The van der Waals surface area contributed by atoms with Crippen LogP contribution < -0.4 is 10.6 Å². The van der Waals surface area contributed by atoms with Gasteiger partial charge in [-0.1, -0.05) is 0 Å². The van der Waals surface area contributed by atoms with Gasteiger partial charge in [-0.3, -0.25) is 15.1 Å². The number of anilines is 1. The van der Waals surface area contributed by atoms with E-state index in [1.54, 1.807) is 12.1 Å². The van der Waals surface area contributed by atoms with Crippen LogP contribution in [0.5, 0.6) is 0 Å². The van der Waals surface area contributed by atoms with Crippen molar-refractivity contribution in [3.8, 4) is 0 Å². The van der Waals surface area contributed by atoms with E-state index in [0.717, 1.165) is 31.3 Å². The van der Waals surface area contributed by atoms with Gasteiger partial charge in [-0.05, 0) is 25.0 Å². The summed E-state index contributed by atoms with van der Waals surface area (Å²) in [5, 5.41) is 17.4. The van der Waals surface area contributed by atoms with Gasteiger partial charge in [0.25, 0.3) is 5.69 Å². The zero-order valence-corrected chi connectivity index (χ0v) is 17.7. The van der Waals surface area contributed by atoms with Crippen molar-refractivity contribution in [3.63, 3.8) is 0 Å². The number of hydrogen-bond acceptors (Lipinski definition) is 5. The van der Waals surface area contributed by atoms with Crippen LogP contribution in [0.2, 0.25) is 0 Å². The van der Waals surface area contributed by atoms with Gasteiger partial charge >= 0.3 is 0 Å². The zero-order valence-electron chi connectivity index (χ0n) is 15.3. The van der Waals surface area contributed by atoms with Gasteiger partial charge in [0, 0.05) is 62.9 Å². The van der Waals surface area contributed by atoms with Gasteiger partial charge in [0.15, 0.2) is 5.96 Å². The number of guanidine groups is 1. The summed E-state index contributed by atoms with van der Waals surface area (Å²) in [7, 11) is 1.82. The van der Waals surface area contributed by atoms with Gasteiger partial charge in [0.1, 0.15) is 0 Å². The van der Waals surface area contributed by atoms with Gasteiger partial charge in [0.05, 0.1) is 17.1 Å². The molecule has 4 rings (SSSR count). The van der Waals surface area contributed by atoms with Crippen LogP contribution in [0.25, 0.3) is 0 Å². The summed E-state index contributed by atoms with van der Waals surface area (Å²) in [6, 6.07) is 6.47. The Kier molecular flexibility index (Phi) is 6.40. The number of aliphatic imine (C=N–C) groups is 1. The molecule has 0 radical (unpaired) electrons. The molecule has 3 aliphatic rings. The molecule has 148 valence electrons. The molecule has 4 atom stereocenters. The number of halogens is 1. The van der Waals surface area contributed by atoms with Crippen molar-refractivity contribution in [2.75, 3.05) is 38.5 Å². The maximum absolute atomic E-state index is 10.7. The van der Waals surface area contributed by atoms with Gasteiger partial charge in [-0.2, -0.15) is 0 Å². The number of nitro benzene ring substituents is 1. The smallest absolute Gasteiger partial charge is 0.269 e. The van der Waals surface area contributed by atoms with Gasteiger partial charge < -0.3 is 20.3 Å². The molecule has 2 N–H and O–H groups in total. The van der Waals surface area contributed by atoms with Crippen LogP contribution in [-0.4, -0.2) is 61.2 Å². The fourth-order valence-corrected chi connectivity index (χ4v) is 4.55. The van der Waals surface area contributed by atoms with Gasteiger partial charge in [0.2, 0.25) is 0 Å². The lowest BCUT2D eigenvalue weighted by Crippen LogP contribution is -2.42. The van der Waals surface area contributed by atoms with E-state index in [1.807, 2.05) is 7.05 Å². The maximum Gasteiger partial charge on any atom is 0.269 e. The standard InChI is InChI=1S/C18H25N5O3.HI/c1-19-18(22-10-14-15(11-22)17-7-6-16(14)26-17)21-9-8-20-12-2-4-13(5-3-12)23(24)25;/h2-5,14-17,20H,6-11H2,1H3,(H,19,21);1H. The van der Waals surface area contributed by atoms with Crippen LogP contribution in [0.4, 0.5) is 11.4 Å². The first-order valence-corrected chi connectivity index (χ1v) is 9.25. The molecule has 3 aliphatic heterocycles. The Balaban J connectivity index is 0.00000210. The number of nitrogens with one attached hydrogen (secondary N) is 2. The molecule has 0 spiro atoms. The summed E-state index contributed by atoms with van der Waals surface area (Å²) in [4.78, 5) is 17.1. The van der Waals surface area contributed by atoms with Crippen LogP contribution in [0.3, 0.4) is 0 Å². The first-order chi connectivity index (χ1) is 12.7. The number of fused-ring (bicyclic) bond motifs is 5. The fraction of sp³-hybridized carbons (Fsp3) is 0.611. The van der Waals surface area contributed by atoms with Crippen molar-refractivity contribution < 1.29 is 9.66 Å². The number of benzene rings is 1. The molecule has 3 heterocycles. The van der Waals surface area contributed by atoms with E-state index in [0.29, 0.717) is 30.6 Å². The topological polar surface area (TPSA) is 92.0 Å². The van der Waals surface area contributed by atoms with Crippen LogP contribution in [0, 0.1) is 22.0 Å². The number of ether oxygens (including phenoxy) is 1. The van der Waals surface area contributed by atoms with E-state index < -0.39 is 4.92 Å². The summed E-state index contributed by atoms with van der Waals surface area (Å²) in [5.41, 5.74) is 0.975. The molecule has 1 aromatic rings. The number of likely N-dealkylation sites (tertiary alicyclic amines) is 1. The second kappa shape index (κ2) is 8.59. The van der Waals surface area contributed by atoms with Crippen LogP contribution >= 0.6 is 24.0 Å². The minimum Gasteiger partial charge on any atom is -0.383 e. The molecule has 1 aromatic carbocycles. The number of nitrogens with zero attached hydrogens (tertiary/aromatic N) is 3. The lowest BCUT2D eigenvalue weighted by Gasteiger charge is -2.23. The number of non-ortho nitro benzene ring substituents is 1. The quantitative estimate of drug-likeness (QED) is 0.166. The third kappa shape index (κ3) is 4.13. The maximum atomic E-state index is 10.7. The molecular weight excluding hydrogens is 461 g/mol. The van der Waals surface area contributed by atoms with Gasteiger partial charge in [-0.25, -0.2) is 0 Å².